The van der Waals surface area contributed by atoms with Crippen molar-refractivity contribution in [1.29, 1.82) is 5.26 Å². The smallest absolute Gasteiger partial charge is 0.410 e. The number of carbonyl (C=O) groups is 1. The molecule has 0 aliphatic carbocycles. The molecule has 1 amide bonds. The summed E-state index contributed by atoms with van der Waals surface area (Å²) in [5.74, 6) is 0.0570. The molecule has 0 spiro atoms. The van der Waals surface area contributed by atoms with Crippen molar-refractivity contribution in [2.24, 2.45) is 5.10 Å². The van der Waals surface area contributed by atoms with Gasteiger partial charge < -0.3 is 9.64 Å². The van der Waals surface area contributed by atoms with Crippen LogP contribution < -0.4 is 0 Å². The average Bonchev–Trinajstić information content (AvgIpc) is 2.68. The second-order valence-electron chi connectivity index (χ2n) is 7.94. The van der Waals surface area contributed by atoms with Crippen molar-refractivity contribution in [1.82, 2.24) is 10.1 Å². The van der Waals surface area contributed by atoms with Crippen LogP contribution in [0.2, 0.25) is 0 Å². The van der Waals surface area contributed by atoms with Crippen LogP contribution in [0.5, 0.6) is 0 Å². The first kappa shape index (κ1) is 19.9. The third kappa shape index (κ3) is 5.33. The number of rotatable bonds is 3. The van der Waals surface area contributed by atoms with Crippen molar-refractivity contribution in [2.45, 2.75) is 51.2 Å². The summed E-state index contributed by atoms with van der Waals surface area (Å²) in [6.07, 6.45) is 6.83. The number of ether oxygens (including phenoxy) is 1. The molecule has 148 valence electrons. The number of hydrogen-bond acceptors (Lipinski definition) is 6. The summed E-state index contributed by atoms with van der Waals surface area (Å²) in [5, 5.41) is 14.7. The van der Waals surface area contributed by atoms with Gasteiger partial charge in [0.2, 0.25) is 0 Å². The summed E-state index contributed by atoms with van der Waals surface area (Å²) in [5.41, 5.74) is 1.23. The zero-order valence-electron chi connectivity index (χ0n) is 16.5. The van der Waals surface area contributed by atoms with Crippen molar-refractivity contribution in [3.63, 3.8) is 0 Å². The number of hydrogen-bond donors (Lipinski definition) is 0. The van der Waals surface area contributed by atoms with E-state index in [1.54, 1.807) is 17.0 Å². The maximum absolute atomic E-state index is 12.1. The molecular formula is C21H26N4O3. The predicted octanol–water partition coefficient (Wildman–Crippen LogP) is 3.79. The molecule has 0 bridgehead atoms. The molecule has 0 N–H and O–H groups in total. The highest BCUT2D eigenvalue weighted by atomic mass is 16.7. The Bertz CT molecular complexity index is 767. The summed E-state index contributed by atoms with van der Waals surface area (Å²) in [6, 6.07) is 9.59. The third-order valence-corrected chi connectivity index (χ3v) is 4.54. The van der Waals surface area contributed by atoms with Gasteiger partial charge in [-0.2, -0.15) is 10.4 Å². The number of likely N-dealkylation sites (tertiary alicyclic amines) is 1. The molecule has 7 heteroatoms. The van der Waals surface area contributed by atoms with Crippen LogP contribution in [-0.2, 0) is 9.57 Å². The van der Waals surface area contributed by atoms with Gasteiger partial charge in [-0.15, -0.1) is 5.17 Å². The first-order valence-corrected chi connectivity index (χ1v) is 9.50. The van der Waals surface area contributed by atoms with E-state index in [1.165, 1.54) is 5.17 Å². The van der Waals surface area contributed by atoms with Gasteiger partial charge in [0.05, 0.1) is 23.9 Å². The molecule has 28 heavy (non-hydrogen) atoms. The van der Waals surface area contributed by atoms with Gasteiger partial charge in [-0.05, 0) is 51.3 Å². The average molecular weight is 382 g/mol. The molecule has 3 rings (SSSR count). The third-order valence-electron chi connectivity index (χ3n) is 4.54. The fourth-order valence-corrected chi connectivity index (χ4v) is 3.05. The lowest BCUT2D eigenvalue weighted by molar-refractivity contribution is -0.176. The number of allylic oxidation sites excluding steroid dienone is 1. The molecule has 1 atom stereocenters. The normalized spacial score (nSPS) is 20.1. The van der Waals surface area contributed by atoms with Gasteiger partial charge in [-0.1, -0.05) is 18.2 Å². The second kappa shape index (κ2) is 8.44. The first-order chi connectivity index (χ1) is 13.3. The SMILES string of the molecule is CC(C)(C)OC(=O)N1CCC(ON2C=CC(c3ccc(C#N)cc3)C=N2)CC1. The van der Waals surface area contributed by atoms with E-state index < -0.39 is 5.60 Å². The highest BCUT2D eigenvalue weighted by Gasteiger charge is 2.28. The van der Waals surface area contributed by atoms with Crippen molar-refractivity contribution >= 4 is 12.3 Å². The minimum absolute atomic E-state index is 0.00643. The molecule has 0 radical (unpaired) electrons. The van der Waals surface area contributed by atoms with E-state index in [1.807, 2.05) is 51.4 Å². The number of nitriles is 1. The van der Waals surface area contributed by atoms with Gasteiger partial charge in [0.15, 0.2) is 0 Å². The largest absolute Gasteiger partial charge is 0.444 e. The monoisotopic (exact) mass is 382 g/mol. The number of hydroxylamine groups is 1. The molecule has 2 aliphatic rings. The molecule has 0 saturated carbocycles. The molecule has 1 fully saturated rings. The lowest BCUT2D eigenvalue weighted by atomic mass is 9.99. The summed E-state index contributed by atoms with van der Waals surface area (Å²) >= 11 is 0. The van der Waals surface area contributed by atoms with Crippen molar-refractivity contribution < 1.29 is 14.4 Å². The van der Waals surface area contributed by atoms with E-state index in [2.05, 4.69) is 11.2 Å². The molecule has 7 nitrogen and oxygen atoms in total. The fraction of sp³-hybridized carbons (Fsp3) is 0.476. The Morgan fingerprint density at radius 3 is 2.43 bits per heavy atom. The van der Waals surface area contributed by atoms with Crippen LogP contribution in [-0.4, -0.2) is 47.2 Å². The molecule has 1 unspecified atom stereocenters. The molecule has 1 aromatic rings. The van der Waals surface area contributed by atoms with Crippen LogP contribution in [0, 0.1) is 11.3 Å². The van der Waals surface area contributed by atoms with Crippen LogP contribution >= 0.6 is 0 Å². The molecule has 0 aromatic heterocycles. The summed E-state index contributed by atoms with van der Waals surface area (Å²) in [6.45, 7) is 6.81. The van der Waals surface area contributed by atoms with E-state index in [0.717, 1.165) is 18.4 Å². The predicted molar refractivity (Wildman–Crippen MR) is 105 cm³/mol. The van der Waals surface area contributed by atoms with E-state index in [-0.39, 0.29) is 18.1 Å². The van der Waals surface area contributed by atoms with Crippen molar-refractivity contribution in [2.75, 3.05) is 13.1 Å². The van der Waals surface area contributed by atoms with Gasteiger partial charge in [-0.3, -0.25) is 0 Å². The lowest BCUT2D eigenvalue weighted by Crippen LogP contribution is -2.44. The Balaban J connectivity index is 1.46. The highest BCUT2D eigenvalue weighted by Crippen LogP contribution is 2.22. The zero-order chi connectivity index (χ0) is 20.1. The summed E-state index contributed by atoms with van der Waals surface area (Å²) in [4.78, 5) is 19.8. The number of benzene rings is 1. The molecule has 2 heterocycles. The summed E-state index contributed by atoms with van der Waals surface area (Å²) < 4.78 is 5.41. The van der Waals surface area contributed by atoms with Crippen LogP contribution in [0.1, 0.15) is 50.7 Å². The topological polar surface area (TPSA) is 78.2 Å². The van der Waals surface area contributed by atoms with Crippen molar-refractivity contribution in [3.8, 4) is 6.07 Å². The minimum atomic E-state index is -0.483. The second-order valence-corrected chi connectivity index (χ2v) is 7.94. The van der Waals surface area contributed by atoms with E-state index >= 15 is 0 Å². The number of carbonyl (C=O) groups excluding carboxylic acids is 1. The highest BCUT2D eigenvalue weighted by molar-refractivity contribution is 5.71. The molecule has 1 saturated heterocycles. The number of piperidine rings is 1. The van der Waals surface area contributed by atoms with Gasteiger partial charge in [0, 0.05) is 25.2 Å². The van der Waals surface area contributed by atoms with Crippen LogP contribution in [0.3, 0.4) is 0 Å². The van der Waals surface area contributed by atoms with Crippen LogP contribution in [0.15, 0.2) is 41.6 Å². The number of nitrogens with zero attached hydrogens (tertiary/aromatic N) is 4. The fourth-order valence-electron chi connectivity index (χ4n) is 3.05. The maximum atomic E-state index is 12.1. The first-order valence-electron chi connectivity index (χ1n) is 9.50. The number of hydrazone groups is 1. The quantitative estimate of drug-likeness (QED) is 0.795. The Hall–Kier alpha value is -2.85. The maximum Gasteiger partial charge on any atom is 0.410 e. The van der Waals surface area contributed by atoms with Crippen LogP contribution in [0.4, 0.5) is 4.79 Å². The molecule has 2 aliphatic heterocycles. The van der Waals surface area contributed by atoms with Gasteiger partial charge in [0.1, 0.15) is 5.60 Å². The van der Waals surface area contributed by atoms with E-state index in [0.29, 0.717) is 18.7 Å². The van der Waals surface area contributed by atoms with Gasteiger partial charge in [-0.25, -0.2) is 9.63 Å². The standard InChI is InChI=1S/C21H26N4O3/c1-21(2,3)27-20(26)24-11-9-19(10-12-24)28-25-13-8-18(15-23-25)17-6-4-16(14-22)5-7-17/h4-8,13,15,18-19H,9-12H2,1-3H3. The van der Waals surface area contributed by atoms with E-state index in [9.17, 15) is 4.79 Å². The van der Waals surface area contributed by atoms with E-state index in [4.69, 9.17) is 14.8 Å². The Kier molecular flexibility index (Phi) is 6.00. The summed E-state index contributed by atoms with van der Waals surface area (Å²) in [7, 11) is 0. The van der Waals surface area contributed by atoms with Gasteiger partial charge in [0.25, 0.3) is 0 Å². The van der Waals surface area contributed by atoms with Crippen molar-refractivity contribution in [3.05, 3.63) is 47.7 Å². The number of amides is 1. The molecule has 1 aromatic carbocycles. The zero-order valence-corrected chi connectivity index (χ0v) is 16.5. The molecular weight excluding hydrogens is 356 g/mol. The Morgan fingerprint density at radius 1 is 1.21 bits per heavy atom. The Morgan fingerprint density at radius 2 is 1.89 bits per heavy atom. The Labute approximate surface area is 165 Å². The van der Waals surface area contributed by atoms with Gasteiger partial charge >= 0.3 is 6.09 Å². The lowest BCUT2D eigenvalue weighted by Gasteiger charge is -2.34. The van der Waals surface area contributed by atoms with Crippen LogP contribution in [0.25, 0.3) is 0 Å². The minimum Gasteiger partial charge on any atom is -0.444 e.